The van der Waals surface area contributed by atoms with Gasteiger partial charge in [0.05, 0.1) is 11.2 Å². The zero-order valence-electron chi connectivity index (χ0n) is 29.6. The largest absolute Gasteiger partial charge is 0.384 e. The van der Waals surface area contributed by atoms with E-state index in [1.54, 1.807) is 0 Å². The van der Waals surface area contributed by atoms with Gasteiger partial charge in [0.2, 0.25) is 0 Å². The molecule has 0 saturated carbocycles. The summed E-state index contributed by atoms with van der Waals surface area (Å²) in [6.07, 6.45) is 8.19. The highest BCUT2D eigenvalue weighted by Crippen LogP contribution is 2.44. The number of allylic oxidation sites excluding steroid dienone is 3. The van der Waals surface area contributed by atoms with E-state index in [0.29, 0.717) is 6.54 Å². The molecule has 2 heterocycles. The molecule has 0 bridgehead atoms. The summed E-state index contributed by atoms with van der Waals surface area (Å²) in [6.45, 7) is 0.624. The Kier molecular flexibility index (Phi) is 8.80. The lowest BCUT2D eigenvalue weighted by Crippen LogP contribution is -2.36. The topological polar surface area (TPSA) is 55.0 Å². The molecule has 53 heavy (non-hydrogen) atoms. The molecule has 0 saturated heterocycles. The fourth-order valence-electron chi connectivity index (χ4n) is 8.28. The number of rotatable bonds is 6. The van der Waals surface area contributed by atoms with Crippen LogP contribution >= 0.6 is 0 Å². The van der Waals surface area contributed by atoms with Crippen LogP contribution < -0.4 is 16.4 Å². The first-order valence-electron chi connectivity index (χ1n) is 18.6. The number of anilines is 1. The zero-order chi connectivity index (χ0) is 35.6. The SMILES string of the molecule is NC(/C1=C/C=C/Nc2ccccc2C2=C(CCc3c2n(-c2ccccc2)c2ccccc32)NC1)C(c1ccccc1)c1ccc(-c2ccccc2)cc1. The van der Waals surface area contributed by atoms with Crippen molar-refractivity contribution in [1.82, 2.24) is 9.88 Å². The molecule has 0 radical (unpaired) electrons. The number of fused-ring (bicyclic) bond motifs is 6. The highest BCUT2D eigenvalue weighted by molar-refractivity contribution is 5.98. The normalized spacial score (nSPS) is 16.7. The lowest BCUT2D eigenvalue weighted by atomic mass is 9.81. The standard InChI is InChI=1S/C49H42N4/c50-48(46(36-17-6-2-7-18-36)37-28-26-35(27-29-37)34-15-4-1-5-16-34)38-19-14-32-51-43-24-12-10-23-42(43)47-44(52-33-38)31-30-41-40-22-11-13-25-45(40)53(49(41)47)39-20-8-3-9-21-39/h1-29,32,46,48,51-52H,30-31,33,50H2/b32-14+,38-19+. The van der Waals surface area contributed by atoms with Crippen LogP contribution in [0.4, 0.5) is 5.69 Å². The van der Waals surface area contributed by atoms with Crippen molar-refractivity contribution in [3.63, 3.8) is 0 Å². The zero-order valence-corrected chi connectivity index (χ0v) is 29.6. The number of nitrogens with one attached hydrogen (secondary N) is 2. The Morgan fingerprint density at radius 2 is 1.25 bits per heavy atom. The smallest absolute Gasteiger partial charge is 0.0597 e. The van der Waals surface area contributed by atoms with E-state index in [0.717, 1.165) is 29.8 Å². The Balaban J connectivity index is 1.15. The molecule has 258 valence electrons. The summed E-state index contributed by atoms with van der Waals surface area (Å²) in [5.41, 5.74) is 23.1. The van der Waals surface area contributed by atoms with Gasteiger partial charge in [-0.25, -0.2) is 0 Å². The number of benzene rings is 6. The summed E-state index contributed by atoms with van der Waals surface area (Å²) in [6, 6.07) is 58.2. The number of aryl methyl sites for hydroxylation is 1. The molecule has 1 aromatic heterocycles. The van der Waals surface area contributed by atoms with Crippen LogP contribution in [0.25, 0.3) is 33.3 Å². The van der Waals surface area contributed by atoms with Crippen molar-refractivity contribution in [2.24, 2.45) is 5.73 Å². The van der Waals surface area contributed by atoms with E-state index in [1.165, 1.54) is 61.2 Å². The van der Waals surface area contributed by atoms with Gasteiger partial charge in [-0.1, -0.05) is 146 Å². The van der Waals surface area contributed by atoms with Crippen molar-refractivity contribution in [2.75, 3.05) is 11.9 Å². The third kappa shape index (κ3) is 6.18. The molecule has 1 aliphatic carbocycles. The first-order chi connectivity index (χ1) is 26.2. The van der Waals surface area contributed by atoms with Crippen LogP contribution in [0, 0.1) is 0 Å². The lowest BCUT2D eigenvalue weighted by molar-refractivity contribution is 0.635. The van der Waals surface area contributed by atoms with E-state index in [1.807, 2.05) is 6.20 Å². The number of aromatic nitrogens is 1. The second kappa shape index (κ2) is 14.3. The van der Waals surface area contributed by atoms with Crippen LogP contribution in [0.1, 0.15) is 40.3 Å². The molecule has 1 aliphatic heterocycles. The van der Waals surface area contributed by atoms with Crippen LogP contribution in [0.3, 0.4) is 0 Å². The van der Waals surface area contributed by atoms with Crippen molar-refractivity contribution in [3.05, 3.63) is 221 Å². The quantitative estimate of drug-likeness (QED) is 0.163. The third-order valence-corrected chi connectivity index (χ3v) is 10.8. The highest BCUT2D eigenvalue weighted by atomic mass is 15.0. The fourth-order valence-corrected chi connectivity index (χ4v) is 8.28. The molecule has 2 aliphatic rings. The van der Waals surface area contributed by atoms with Gasteiger partial charge in [-0.15, -0.1) is 0 Å². The average molecular weight is 687 g/mol. The Morgan fingerprint density at radius 1 is 0.604 bits per heavy atom. The Hall–Kier alpha value is -6.36. The summed E-state index contributed by atoms with van der Waals surface area (Å²) in [4.78, 5) is 0. The molecule has 4 N–H and O–H groups in total. The first kappa shape index (κ1) is 32.5. The van der Waals surface area contributed by atoms with Gasteiger partial charge >= 0.3 is 0 Å². The molecule has 4 nitrogen and oxygen atoms in total. The number of hydrogen-bond donors (Lipinski definition) is 3. The van der Waals surface area contributed by atoms with Gasteiger partial charge < -0.3 is 20.9 Å². The minimum absolute atomic E-state index is 0.0372. The monoisotopic (exact) mass is 686 g/mol. The van der Waals surface area contributed by atoms with Gasteiger partial charge in [-0.3, -0.25) is 0 Å². The summed E-state index contributed by atoms with van der Waals surface area (Å²) >= 11 is 0. The van der Waals surface area contributed by atoms with Crippen molar-refractivity contribution >= 4 is 22.2 Å². The molecule has 9 rings (SSSR count). The molecule has 7 aromatic rings. The maximum Gasteiger partial charge on any atom is 0.0597 e. The average Bonchev–Trinajstić information content (AvgIpc) is 3.55. The second-order valence-electron chi connectivity index (χ2n) is 13.9. The van der Waals surface area contributed by atoms with Crippen molar-refractivity contribution in [2.45, 2.75) is 24.8 Å². The summed E-state index contributed by atoms with van der Waals surface area (Å²) in [5.74, 6) is -0.0372. The van der Waals surface area contributed by atoms with Gasteiger partial charge in [0.25, 0.3) is 0 Å². The van der Waals surface area contributed by atoms with Crippen LogP contribution in [-0.4, -0.2) is 17.2 Å². The summed E-state index contributed by atoms with van der Waals surface area (Å²) < 4.78 is 2.46. The molecule has 0 amide bonds. The Labute approximate surface area is 311 Å². The van der Waals surface area contributed by atoms with E-state index in [2.05, 4.69) is 191 Å². The molecular weight excluding hydrogens is 645 g/mol. The maximum atomic E-state index is 7.45. The van der Waals surface area contributed by atoms with Crippen molar-refractivity contribution in [3.8, 4) is 16.8 Å². The fraction of sp³-hybridized carbons (Fsp3) is 0.102. The molecular formula is C49H42N4. The predicted octanol–water partition coefficient (Wildman–Crippen LogP) is 10.6. The van der Waals surface area contributed by atoms with Crippen LogP contribution in [-0.2, 0) is 6.42 Å². The minimum Gasteiger partial charge on any atom is -0.384 e. The van der Waals surface area contributed by atoms with E-state index in [9.17, 15) is 0 Å². The summed E-state index contributed by atoms with van der Waals surface area (Å²) in [7, 11) is 0. The number of para-hydroxylation sites is 3. The van der Waals surface area contributed by atoms with Gasteiger partial charge in [0.15, 0.2) is 0 Å². The molecule has 2 unspecified atom stereocenters. The Morgan fingerprint density at radius 3 is 2.04 bits per heavy atom. The Bertz CT molecular complexity index is 2470. The lowest BCUT2D eigenvalue weighted by Gasteiger charge is -2.30. The minimum atomic E-state index is -0.278. The van der Waals surface area contributed by atoms with E-state index in [-0.39, 0.29) is 12.0 Å². The van der Waals surface area contributed by atoms with Gasteiger partial charge in [-0.2, -0.15) is 0 Å². The van der Waals surface area contributed by atoms with Gasteiger partial charge in [0.1, 0.15) is 0 Å². The predicted molar refractivity (Wildman–Crippen MR) is 221 cm³/mol. The van der Waals surface area contributed by atoms with Crippen molar-refractivity contribution in [1.29, 1.82) is 0 Å². The summed E-state index contributed by atoms with van der Waals surface area (Å²) in [5, 5.41) is 8.96. The van der Waals surface area contributed by atoms with Gasteiger partial charge in [0, 0.05) is 58.3 Å². The first-order valence-corrected chi connectivity index (χ1v) is 18.6. The third-order valence-electron chi connectivity index (χ3n) is 10.8. The molecule has 2 atom stereocenters. The molecule has 0 spiro atoms. The van der Waals surface area contributed by atoms with E-state index < -0.39 is 0 Å². The molecule has 0 fully saturated rings. The second-order valence-corrected chi connectivity index (χ2v) is 13.9. The van der Waals surface area contributed by atoms with Crippen LogP contribution in [0.5, 0.6) is 0 Å². The van der Waals surface area contributed by atoms with E-state index >= 15 is 0 Å². The van der Waals surface area contributed by atoms with Crippen LogP contribution in [0.15, 0.2) is 193 Å². The number of hydrogen-bond acceptors (Lipinski definition) is 3. The van der Waals surface area contributed by atoms with Crippen LogP contribution in [0.2, 0.25) is 0 Å². The van der Waals surface area contributed by atoms with Gasteiger partial charge in [-0.05, 0) is 76.6 Å². The maximum absolute atomic E-state index is 7.45. The van der Waals surface area contributed by atoms with Crippen molar-refractivity contribution < 1.29 is 0 Å². The molecule has 4 heteroatoms. The number of nitrogens with two attached hydrogens (primary N) is 1. The van der Waals surface area contributed by atoms with E-state index in [4.69, 9.17) is 5.73 Å². The molecule has 6 aromatic carbocycles. The highest BCUT2D eigenvalue weighted by Gasteiger charge is 2.31. The number of nitrogens with zero attached hydrogens (tertiary/aromatic N) is 1.